The van der Waals surface area contributed by atoms with Crippen LogP contribution in [-0.4, -0.2) is 42.2 Å². The fourth-order valence-corrected chi connectivity index (χ4v) is 4.72. The van der Waals surface area contributed by atoms with E-state index in [1.165, 1.54) is 6.07 Å². The van der Waals surface area contributed by atoms with Crippen molar-refractivity contribution in [1.82, 2.24) is 15.6 Å². The minimum atomic E-state index is -4.38. The van der Waals surface area contributed by atoms with Gasteiger partial charge < -0.3 is 20.9 Å². The number of urea groups is 1. The van der Waals surface area contributed by atoms with Gasteiger partial charge in [0.05, 0.1) is 5.56 Å². The van der Waals surface area contributed by atoms with Gasteiger partial charge in [-0.15, -0.1) is 0 Å². The van der Waals surface area contributed by atoms with Gasteiger partial charge in [0, 0.05) is 43.1 Å². The lowest BCUT2D eigenvalue weighted by Gasteiger charge is -2.40. The van der Waals surface area contributed by atoms with Crippen molar-refractivity contribution in [2.75, 3.05) is 23.3 Å². The fraction of sp³-hybridized carbons (Fsp3) is 0.500. The molecule has 1 aliphatic carbocycles. The largest absolute Gasteiger partial charge is 0.417 e. The Labute approximate surface area is 192 Å². The van der Waals surface area contributed by atoms with Crippen molar-refractivity contribution >= 4 is 17.5 Å². The van der Waals surface area contributed by atoms with Crippen LogP contribution in [0.4, 0.5) is 29.5 Å². The number of benzene rings is 1. The van der Waals surface area contributed by atoms with E-state index in [-0.39, 0.29) is 24.2 Å². The third kappa shape index (κ3) is 6.37. The summed E-state index contributed by atoms with van der Waals surface area (Å²) < 4.78 is 38.5. The maximum atomic E-state index is 12.8. The zero-order valence-electron chi connectivity index (χ0n) is 18.4. The van der Waals surface area contributed by atoms with Gasteiger partial charge in [0.1, 0.15) is 5.82 Å². The molecule has 1 saturated carbocycles. The summed E-state index contributed by atoms with van der Waals surface area (Å²) in [5.74, 6) is 0.565. The summed E-state index contributed by atoms with van der Waals surface area (Å²) in [6.07, 6.45) is 2.50. The quantitative estimate of drug-likeness (QED) is 0.599. The van der Waals surface area contributed by atoms with Crippen LogP contribution in [0.25, 0.3) is 0 Å². The van der Waals surface area contributed by atoms with E-state index in [0.717, 1.165) is 63.0 Å². The summed E-state index contributed by atoms with van der Waals surface area (Å²) in [5.41, 5.74) is 0.0186. The van der Waals surface area contributed by atoms with Crippen LogP contribution in [0.3, 0.4) is 0 Å². The third-order valence-electron chi connectivity index (χ3n) is 6.38. The molecule has 9 heteroatoms. The Hall–Kier alpha value is -2.81. The number of hydrogen-bond acceptors (Lipinski definition) is 4. The van der Waals surface area contributed by atoms with Crippen molar-refractivity contribution in [3.63, 3.8) is 0 Å². The van der Waals surface area contributed by atoms with E-state index in [1.807, 2.05) is 35.2 Å². The van der Waals surface area contributed by atoms with Gasteiger partial charge >= 0.3 is 12.2 Å². The molecular weight excluding hydrogens is 431 g/mol. The number of aromatic nitrogens is 1. The number of hydrogen-bond donors (Lipinski definition) is 3. The van der Waals surface area contributed by atoms with Gasteiger partial charge in [0.2, 0.25) is 0 Å². The summed E-state index contributed by atoms with van der Waals surface area (Å²) in [6, 6.07) is 12.1. The second-order valence-electron chi connectivity index (χ2n) is 8.82. The number of rotatable bonds is 5. The monoisotopic (exact) mass is 461 g/mol. The molecule has 1 saturated heterocycles. The van der Waals surface area contributed by atoms with Gasteiger partial charge in [-0.25, -0.2) is 9.78 Å². The minimum Gasteiger partial charge on any atom is -0.355 e. The van der Waals surface area contributed by atoms with Crippen molar-refractivity contribution in [3.05, 3.63) is 54.2 Å². The molecule has 3 N–H and O–H groups in total. The van der Waals surface area contributed by atoms with Gasteiger partial charge in [-0.05, 0) is 49.9 Å². The molecule has 1 aliphatic heterocycles. The van der Waals surface area contributed by atoms with Gasteiger partial charge in [0.25, 0.3) is 0 Å². The highest BCUT2D eigenvalue weighted by Gasteiger charge is 2.32. The van der Waals surface area contributed by atoms with Crippen molar-refractivity contribution in [3.8, 4) is 0 Å². The SMILES string of the molecule is O=C(Nc1ccccc1)N[C@@H]1CCCC[C@H]1NC1CCCN(c2ccc(C(F)(F)F)cn2)C1. The van der Waals surface area contributed by atoms with E-state index in [4.69, 9.17) is 0 Å². The first-order chi connectivity index (χ1) is 15.9. The highest BCUT2D eigenvalue weighted by molar-refractivity contribution is 5.89. The molecule has 0 spiro atoms. The van der Waals surface area contributed by atoms with Gasteiger partial charge in [0.15, 0.2) is 0 Å². The lowest BCUT2D eigenvalue weighted by Crippen LogP contribution is -2.57. The number of piperidine rings is 1. The minimum absolute atomic E-state index is 0.0297. The van der Waals surface area contributed by atoms with E-state index in [2.05, 4.69) is 20.9 Å². The number of nitrogens with zero attached hydrogens (tertiary/aromatic N) is 2. The smallest absolute Gasteiger partial charge is 0.355 e. The molecule has 2 aromatic rings. The summed E-state index contributed by atoms with van der Waals surface area (Å²) in [7, 11) is 0. The van der Waals surface area contributed by atoms with Crippen molar-refractivity contribution in [2.24, 2.45) is 0 Å². The Morgan fingerprint density at radius 3 is 2.42 bits per heavy atom. The molecule has 178 valence electrons. The molecule has 2 heterocycles. The van der Waals surface area contributed by atoms with Crippen LogP contribution in [0.1, 0.15) is 44.1 Å². The number of carbonyl (C=O) groups excluding carboxylic acids is 1. The van der Waals surface area contributed by atoms with Gasteiger partial charge in [-0.1, -0.05) is 31.0 Å². The van der Waals surface area contributed by atoms with Gasteiger partial charge in [-0.3, -0.25) is 0 Å². The van der Waals surface area contributed by atoms with Crippen LogP contribution in [0.5, 0.6) is 0 Å². The third-order valence-corrected chi connectivity index (χ3v) is 6.38. The van der Waals surface area contributed by atoms with Crippen LogP contribution < -0.4 is 20.9 Å². The summed E-state index contributed by atoms with van der Waals surface area (Å²) in [5, 5.41) is 9.73. The average molecular weight is 462 g/mol. The highest BCUT2D eigenvalue weighted by atomic mass is 19.4. The molecule has 2 fully saturated rings. The summed E-state index contributed by atoms with van der Waals surface area (Å²) in [6.45, 7) is 1.44. The van der Waals surface area contributed by atoms with Crippen LogP contribution in [0.2, 0.25) is 0 Å². The number of pyridine rings is 1. The molecule has 6 nitrogen and oxygen atoms in total. The van der Waals surface area contributed by atoms with Crippen LogP contribution in [0.15, 0.2) is 48.7 Å². The molecule has 0 bridgehead atoms. The second kappa shape index (κ2) is 10.4. The zero-order chi connectivity index (χ0) is 23.3. The average Bonchev–Trinajstić information content (AvgIpc) is 2.81. The molecule has 4 rings (SSSR count). The maximum Gasteiger partial charge on any atom is 0.417 e. The van der Waals surface area contributed by atoms with Gasteiger partial charge in [-0.2, -0.15) is 13.2 Å². The van der Waals surface area contributed by atoms with Crippen molar-refractivity contribution in [1.29, 1.82) is 0 Å². The Morgan fingerprint density at radius 1 is 0.970 bits per heavy atom. The molecule has 1 aromatic carbocycles. The lowest BCUT2D eigenvalue weighted by atomic mass is 9.89. The number of carbonyl (C=O) groups is 1. The van der Waals surface area contributed by atoms with E-state index in [0.29, 0.717) is 12.4 Å². The Bertz CT molecular complexity index is 907. The number of alkyl halides is 3. The molecule has 1 aromatic heterocycles. The normalized spacial score (nSPS) is 23.7. The zero-order valence-corrected chi connectivity index (χ0v) is 18.4. The standard InChI is InChI=1S/C24H30F3N5O/c25-24(26,27)17-12-13-22(28-15-17)32-14-6-9-19(16-32)29-20-10-4-5-11-21(20)31-23(33)30-18-7-2-1-3-8-18/h1-3,7-8,12-13,15,19-21,29H,4-6,9-11,14,16H2,(H2,30,31,33)/t19?,20-,21-/m1/s1. The molecule has 33 heavy (non-hydrogen) atoms. The Balaban J connectivity index is 1.33. The number of amides is 2. The van der Waals surface area contributed by atoms with E-state index in [1.54, 1.807) is 0 Å². The fourth-order valence-electron chi connectivity index (χ4n) is 4.72. The van der Waals surface area contributed by atoms with Crippen LogP contribution in [-0.2, 0) is 6.18 Å². The first-order valence-corrected chi connectivity index (χ1v) is 11.6. The molecule has 2 aliphatic rings. The predicted molar refractivity (Wildman–Crippen MR) is 122 cm³/mol. The Morgan fingerprint density at radius 2 is 1.73 bits per heavy atom. The first-order valence-electron chi connectivity index (χ1n) is 11.6. The first kappa shape index (κ1) is 23.4. The predicted octanol–water partition coefficient (Wildman–Crippen LogP) is 4.79. The van der Waals surface area contributed by atoms with E-state index < -0.39 is 11.7 Å². The summed E-state index contributed by atoms with van der Waals surface area (Å²) >= 11 is 0. The second-order valence-corrected chi connectivity index (χ2v) is 8.82. The Kier molecular flexibility index (Phi) is 7.37. The topological polar surface area (TPSA) is 69.3 Å². The van der Waals surface area contributed by atoms with Crippen LogP contribution in [0, 0.1) is 0 Å². The van der Waals surface area contributed by atoms with Crippen molar-refractivity contribution < 1.29 is 18.0 Å². The highest BCUT2D eigenvalue weighted by Crippen LogP contribution is 2.30. The lowest BCUT2D eigenvalue weighted by molar-refractivity contribution is -0.137. The van der Waals surface area contributed by atoms with Crippen molar-refractivity contribution in [2.45, 2.75) is 62.8 Å². The van der Waals surface area contributed by atoms with Crippen LogP contribution >= 0.6 is 0 Å². The maximum absolute atomic E-state index is 12.8. The number of para-hydroxylation sites is 1. The molecule has 1 unspecified atom stereocenters. The number of nitrogens with one attached hydrogen (secondary N) is 3. The molecule has 2 amide bonds. The molecular formula is C24H30F3N5O. The molecule has 0 radical (unpaired) electrons. The number of anilines is 2. The molecule has 3 atom stereocenters. The van der Waals surface area contributed by atoms with E-state index >= 15 is 0 Å². The summed E-state index contributed by atoms with van der Waals surface area (Å²) in [4.78, 5) is 18.6. The number of halogens is 3. The van der Waals surface area contributed by atoms with E-state index in [9.17, 15) is 18.0 Å².